The first-order valence-electron chi connectivity index (χ1n) is 11.6. The molecular formula is C27H29N3O4. The number of hydrogen-bond donors (Lipinski definition) is 1. The first-order valence-corrected chi connectivity index (χ1v) is 11.6. The molecule has 3 aromatic rings. The quantitative estimate of drug-likeness (QED) is 0.481. The van der Waals surface area contributed by atoms with E-state index in [1.54, 1.807) is 13.3 Å². The summed E-state index contributed by atoms with van der Waals surface area (Å²) >= 11 is 0. The largest absolute Gasteiger partial charge is 0.480 e. The van der Waals surface area contributed by atoms with E-state index in [4.69, 9.17) is 9.84 Å². The Morgan fingerprint density at radius 3 is 2.53 bits per heavy atom. The molecule has 34 heavy (non-hydrogen) atoms. The lowest BCUT2D eigenvalue weighted by Crippen LogP contribution is -2.36. The van der Waals surface area contributed by atoms with Crippen LogP contribution in [-0.2, 0) is 6.42 Å². The number of carbonyl (C=O) groups excluding carboxylic acids is 1. The minimum atomic E-state index is -0.833. The van der Waals surface area contributed by atoms with Crippen LogP contribution in [0.25, 0.3) is 0 Å². The van der Waals surface area contributed by atoms with Crippen LogP contribution in [0.3, 0.4) is 0 Å². The number of nitrogens with zero attached hydrogens (tertiary/aromatic N) is 3. The van der Waals surface area contributed by atoms with E-state index in [1.165, 1.54) is 16.0 Å². The topological polar surface area (TPSA) is 92.6 Å². The number of piperidine rings is 1. The molecule has 176 valence electrons. The van der Waals surface area contributed by atoms with Crippen molar-refractivity contribution in [2.45, 2.75) is 37.5 Å². The number of rotatable bonds is 8. The van der Waals surface area contributed by atoms with Crippen molar-refractivity contribution in [3.63, 3.8) is 0 Å². The van der Waals surface area contributed by atoms with Gasteiger partial charge in [0.15, 0.2) is 0 Å². The summed E-state index contributed by atoms with van der Waals surface area (Å²) in [5, 5.41) is 17.2. The number of benzene rings is 2. The Hall–Kier alpha value is -3.74. The predicted molar refractivity (Wildman–Crippen MR) is 129 cm³/mol. The van der Waals surface area contributed by atoms with Gasteiger partial charge in [0.1, 0.15) is 6.29 Å². The number of aldehydes is 1. The highest BCUT2D eigenvalue weighted by Gasteiger charge is 2.24. The van der Waals surface area contributed by atoms with Crippen molar-refractivity contribution in [2.24, 2.45) is 0 Å². The van der Waals surface area contributed by atoms with Gasteiger partial charge >= 0.3 is 6.09 Å². The molecule has 0 bridgehead atoms. The molecular weight excluding hydrogens is 430 g/mol. The van der Waals surface area contributed by atoms with E-state index in [0.29, 0.717) is 30.5 Å². The van der Waals surface area contributed by atoms with Gasteiger partial charge in [-0.1, -0.05) is 48.5 Å². The van der Waals surface area contributed by atoms with Gasteiger partial charge in [0.2, 0.25) is 5.88 Å². The van der Waals surface area contributed by atoms with Gasteiger partial charge in [-0.2, -0.15) is 5.10 Å². The van der Waals surface area contributed by atoms with Gasteiger partial charge in [-0.05, 0) is 54.4 Å². The second-order valence-corrected chi connectivity index (χ2v) is 8.62. The van der Waals surface area contributed by atoms with Crippen molar-refractivity contribution >= 4 is 12.4 Å². The minimum absolute atomic E-state index is 0.0631. The first kappa shape index (κ1) is 23.4. The third-order valence-electron chi connectivity index (χ3n) is 6.72. The summed E-state index contributed by atoms with van der Waals surface area (Å²) in [4.78, 5) is 24.4. The molecule has 0 spiro atoms. The highest BCUT2D eigenvalue weighted by Crippen LogP contribution is 2.35. The maximum atomic E-state index is 11.7. The molecule has 1 aliphatic heterocycles. The lowest BCUT2D eigenvalue weighted by molar-refractivity contribution is 0.112. The lowest BCUT2D eigenvalue weighted by atomic mass is 9.84. The van der Waals surface area contributed by atoms with Crippen molar-refractivity contribution in [3.05, 3.63) is 88.6 Å². The molecule has 1 aliphatic rings. The van der Waals surface area contributed by atoms with Crippen LogP contribution >= 0.6 is 0 Å². The van der Waals surface area contributed by atoms with E-state index in [-0.39, 0.29) is 5.92 Å². The molecule has 7 nitrogen and oxygen atoms in total. The molecule has 1 aromatic heterocycles. The number of carbonyl (C=O) groups is 2. The average molecular weight is 460 g/mol. The van der Waals surface area contributed by atoms with Crippen molar-refractivity contribution in [1.82, 2.24) is 15.1 Å². The maximum Gasteiger partial charge on any atom is 0.407 e. The van der Waals surface area contributed by atoms with Crippen LogP contribution < -0.4 is 4.74 Å². The van der Waals surface area contributed by atoms with Crippen molar-refractivity contribution in [1.29, 1.82) is 0 Å². The predicted octanol–water partition coefficient (Wildman–Crippen LogP) is 4.92. The molecule has 7 heteroatoms. The third kappa shape index (κ3) is 5.25. The standard InChI is InChI=1S/C27H29N3O4/c1-34-26-25(12-15-28-29-26)24(23-5-3-2-4-22(23)18-31)11-8-19-6-9-20(10-7-19)21-13-16-30(17-14-21)27(32)33/h2-7,9-10,12,15,18,21,24H,8,11,13-14,16-17H2,1H3,(H,32,33). The van der Waals surface area contributed by atoms with Crippen LogP contribution in [0.4, 0.5) is 4.79 Å². The Morgan fingerprint density at radius 1 is 1.12 bits per heavy atom. The fourth-order valence-electron chi connectivity index (χ4n) is 4.84. The van der Waals surface area contributed by atoms with Gasteiger partial charge in [0, 0.05) is 30.1 Å². The maximum absolute atomic E-state index is 11.7. The van der Waals surface area contributed by atoms with E-state index < -0.39 is 6.09 Å². The van der Waals surface area contributed by atoms with E-state index in [0.717, 1.165) is 43.1 Å². The van der Waals surface area contributed by atoms with Gasteiger partial charge < -0.3 is 14.7 Å². The molecule has 2 heterocycles. The van der Waals surface area contributed by atoms with Crippen LogP contribution in [0.15, 0.2) is 60.8 Å². The number of amides is 1. The summed E-state index contributed by atoms with van der Waals surface area (Å²) in [7, 11) is 1.58. The molecule has 1 unspecified atom stereocenters. The van der Waals surface area contributed by atoms with E-state index in [9.17, 15) is 9.59 Å². The molecule has 0 aliphatic carbocycles. The van der Waals surface area contributed by atoms with Crippen molar-refractivity contribution < 1.29 is 19.4 Å². The zero-order chi connectivity index (χ0) is 23.9. The fraction of sp³-hybridized carbons (Fsp3) is 0.333. The number of methoxy groups -OCH3 is 1. The zero-order valence-corrected chi connectivity index (χ0v) is 19.3. The van der Waals surface area contributed by atoms with Gasteiger partial charge in [0.25, 0.3) is 0 Å². The van der Waals surface area contributed by atoms with Gasteiger partial charge in [0.05, 0.1) is 13.3 Å². The van der Waals surface area contributed by atoms with Crippen molar-refractivity contribution in [3.8, 4) is 5.88 Å². The normalized spacial score (nSPS) is 15.0. The number of ether oxygens (including phenoxy) is 1. The Morgan fingerprint density at radius 2 is 1.85 bits per heavy atom. The van der Waals surface area contributed by atoms with E-state index in [2.05, 4.69) is 34.5 Å². The highest BCUT2D eigenvalue weighted by atomic mass is 16.5. The molecule has 0 radical (unpaired) electrons. The number of hydrogen-bond acceptors (Lipinski definition) is 5. The number of likely N-dealkylation sites (tertiary alicyclic amines) is 1. The van der Waals surface area contributed by atoms with E-state index in [1.807, 2.05) is 30.3 Å². The molecule has 1 amide bonds. The summed E-state index contributed by atoms with van der Waals surface area (Å²) in [6.07, 6.45) is 5.02. The molecule has 2 aromatic carbocycles. The van der Waals surface area contributed by atoms with Crippen molar-refractivity contribution in [2.75, 3.05) is 20.2 Å². The van der Waals surface area contributed by atoms with Gasteiger partial charge in [-0.3, -0.25) is 4.79 Å². The average Bonchev–Trinajstić information content (AvgIpc) is 2.89. The van der Waals surface area contributed by atoms with Gasteiger partial charge in [-0.25, -0.2) is 4.79 Å². The van der Waals surface area contributed by atoms with Crippen LogP contribution in [0.5, 0.6) is 5.88 Å². The summed E-state index contributed by atoms with van der Waals surface area (Å²) in [5.74, 6) is 0.798. The summed E-state index contributed by atoms with van der Waals surface area (Å²) in [6.45, 7) is 1.17. The Kier molecular flexibility index (Phi) is 7.52. The second-order valence-electron chi connectivity index (χ2n) is 8.62. The second kappa shape index (κ2) is 10.9. The Labute approximate surface area is 199 Å². The van der Waals surface area contributed by atoms with Gasteiger partial charge in [-0.15, -0.1) is 5.10 Å². The molecule has 1 atom stereocenters. The molecule has 0 saturated carbocycles. The number of aryl methyl sites for hydroxylation is 1. The van der Waals surface area contributed by atoms with E-state index >= 15 is 0 Å². The summed E-state index contributed by atoms with van der Waals surface area (Å²) in [5.41, 5.74) is 4.99. The monoisotopic (exact) mass is 459 g/mol. The lowest BCUT2D eigenvalue weighted by Gasteiger charge is -2.30. The molecule has 1 saturated heterocycles. The molecule has 4 rings (SSSR count). The highest BCUT2D eigenvalue weighted by molar-refractivity contribution is 5.78. The Balaban J connectivity index is 1.51. The summed E-state index contributed by atoms with van der Waals surface area (Å²) in [6, 6.07) is 18.2. The SMILES string of the molecule is COc1nnccc1C(CCc1ccc(C2CCN(C(=O)O)CC2)cc1)c1ccccc1C=O. The number of carboxylic acid groups (broad SMARTS) is 1. The minimum Gasteiger partial charge on any atom is -0.480 e. The van der Waals surface area contributed by atoms with Crippen LogP contribution in [0.1, 0.15) is 63.7 Å². The first-order chi connectivity index (χ1) is 16.6. The molecule has 1 fully saturated rings. The zero-order valence-electron chi connectivity index (χ0n) is 19.3. The summed E-state index contributed by atoms with van der Waals surface area (Å²) < 4.78 is 5.48. The van der Waals surface area contributed by atoms with Crippen LogP contribution in [0.2, 0.25) is 0 Å². The smallest absolute Gasteiger partial charge is 0.407 e. The Bertz CT molecular complexity index is 1120. The fourth-order valence-corrected chi connectivity index (χ4v) is 4.84. The van der Waals surface area contributed by atoms with Crippen LogP contribution in [0, 0.1) is 0 Å². The van der Waals surface area contributed by atoms with Crippen LogP contribution in [-0.4, -0.2) is 52.8 Å². The third-order valence-corrected chi connectivity index (χ3v) is 6.72. The molecule has 1 N–H and O–H groups in total. The number of aromatic nitrogens is 2.